The van der Waals surface area contributed by atoms with E-state index in [1.165, 1.54) is 24.0 Å². The Labute approximate surface area is 117 Å². The van der Waals surface area contributed by atoms with E-state index in [1.807, 2.05) is 31.2 Å². The molecule has 0 aliphatic rings. The highest BCUT2D eigenvalue weighted by atomic mass is 32.1. The van der Waals surface area contributed by atoms with E-state index < -0.39 is 0 Å². The molecule has 2 aromatic rings. The van der Waals surface area contributed by atoms with Gasteiger partial charge in [-0.05, 0) is 18.9 Å². The van der Waals surface area contributed by atoms with Crippen LogP contribution in [0.3, 0.4) is 0 Å². The van der Waals surface area contributed by atoms with Crippen LogP contribution in [0.5, 0.6) is 0 Å². The predicted octanol–water partition coefficient (Wildman–Crippen LogP) is 3.65. The van der Waals surface area contributed by atoms with E-state index in [-0.39, 0.29) is 5.97 Å². The molecule has 0 saturated carbocycles. The molecule has 2 rings (SSSR count). The molecule has 100 valence electrons. The molecular formula is C15H17NO2S. The quantitative estimate of drug-likeness (QED) is 0.870. The number of esters is 1. The number of anilines is 1. The molecule has 0 saturated heterocycles. The fourth-order valence-electron chi connectivity index (χ4n) is 2.08. The van der Waals surface area contributed by atoms with Crippen LogP contribution >= 0.6 is 11.3 Å². The Morgan fingerprint density at radius 3 is 2.47 bits per heavy atom. The summed E-state index contributed by atoms with van der Waals surface area (Å²) >= 11 is 1.46. The number of carbonyl (C=O) groups is 1. The van der Waals surface area contributed by atoms with Gasteiger partial charge in [0.1, 0.15) is 10.6 Å². The lowest BCUT2D eigenvalue weighted by Crippen LogP contribution is -2.04. The SMILES string of the molecule is CCc1sc(N)c(C(=O)OC)c1-c1ccc(C)cc1. The number of ether oxygens (including phenoxy) is 1. The Morgan fingerprint density at radius 2 is 1.95 bits per heavy atom. The van der Waals surface area contributed by atoms with Gasteiger partial charge in [-0.15, -0.1) is 11.3 Å². The molecule has 4 heteroatoms. The third-order valence-corrected chi connectivity index (χ3v) is 4.22. The maximum atomic E-state index is 11.9. The number of rotatable bonds is 3. The summed E-state index contributed by atoms with van der Waals surface area (Å²) in [5, 5.41) is 0.527. The van der Waals surface area contributed by atoms with Gasteiger partial charge < -0.3 is 10.5 Å². The van der Waals surface area contributed by atoms with Crippen molar-refractivity contribution < 1.29 is 9.53 Å². The molecule has 0 unspecified atom stereocenters. The summed E-state index contributed by atoms with van der Waals surface area (Å²) in [6, 6.07) is 8.10. The third-order valence-electron chi connectivity index (χ3n) is 3.06. The second-order valence-electron chi connectivity index (χ2n) is 4.35. The molecule has 0 radical (unpaired) electrons. The molecule has 0 amide bonds. The summed E-state index contributed by atoms with van der Waals surface area (Å²) in [6.07, 6.45) is 0.842. The summed E-state index contributed by atoms with van der Waals surface area (Å²) in [6.45, 7) is 4.09. The van der Waals surface area contributed by atoms with Crippen molar-refractivity contribution in [1.29, 1.82) is 0 Å². The van der Waals surface area contributed by atoms with Crippen LogP contribution < -0.4 is 5.73 Å². The highest BCUT2D eigenvalue weighted by Crippen LogP contribution is 2.39. The largest absolute Gasteiger partial charge is 0.465 e. The molecular weight excluding hydrogens is 258 g/mol. The van der Waals surface area contributed by atoms with Gasteiger partial charge in [0.25, 0.3) is 0 Å². The van der Waals surface area contributed by atoms with Crippen LogP contribution in [-0.2, 0) is 11.2 Å². The maximum Gasteiger partial charge on any atom is 0.341 e. The molecule has 3 nitrogen and oxygen atoms in total. The topological polar surface area (TPSA) is 52.3 Å². The van der Waals surface area contributed by atoms with Crippen molar-refractivity contribution in [3.05, 3.63) is 40.3 Å². The van der Waals surface area contributed by atoms with Gasteiger partial charge in [0, 0.05) is 10.4 Å². The zero-order chi connectivity index (χ0) is 14.0. The van der Waals surface area contributed by atoms with E-state index in [0.29, 0.717) is 10.6 Å². The van der Waals surface area contributed by atoms with Gasteiger partial charge in [0.15, 0.2) is 0 Å². The highest BCUT2D eigenvalue weighted by molar-refractivity contribution is 7.17. The summed E-state index contributed by atoms with van der Waals surface area (Å²) in [5.74, 6) is -0.371. The third kappa shape index (κ3) is 2.49. The number of nitrogens with two attached hydrogens (primary N) is 1. The van der Waals surface area contributed by atoms with Gasteiger partial charge in [-0.2, -0.15) is 0 Å². The maximum absolute atomic E-state index is 11.9. The van der Waals surface area contributed by atoms with Crippen LogP contribution in [0.1, 0.15) is 27.7 Å². The minimum atomic E-state index is -0.371. The molecule has 1 aromatic heterocycles. The number of benzene rings is 1. The van der Waals surface area contributed by atoms with Crippen molar-refractivity contribution in [2.24, 2.45) is 0 Å². The zero-order valence-electron chi connectivity index (χ0n) is 11.3. The molecule has 0 spiro atoms. The molecule has 1 aromatic carbocycles. The second kappa shape index (κ2) is 5.45. The van der Waals surface area contributed by atoms with Gasteiger partial charge >= 0.3 is 5.97 Å². The molecule has 0 aliphatic heterocycles. The first-order valence-corrected chi connectivity index (χ1v) is 6.96. The van der Waals surface area contributed by atoms with Gasteiger partial charge in [-0.25, -0.2) is 4.79 Å². The average Bonchev–Trinajstić information content (AvgIpc) is 2.75. The van der Waals surface area contributed by atoms with Crippen LogP contribution in [0.25, 0.3) is 11.1 Å². The Balaban J connectivity index is 2.66. The Hall–Kier alpha value is -1.81. The number of hydrogen-bond donors (Lipinski definition) is 1. The molecule has 0 fully saturated rings. The summed E-state index contributed by atoms with van der Waals surface area (Å²) < 4.78 is 4.85. The number of methoxy groups -OCH3 is 1. The number of thiophene rings is 1. The number of carbonyl (C=O) groups excluding carboxylic acids is 1. The second-order valence-corrected chi connectivity index (χ2v) is 5.49. The lowest BCUT2D eigenvalue weighted by atomic mass is 9.99. The van der Waals surface area contributed by atoms with Crippen molar-refractivity contribution in [3.63, 3.8) is 0 Å². The molecule has 19 heavy (non-hydrogen) atoms. The van der Waals surface area contributed by atoms with E-state index in [1.54, 1.807) is 0 Å². The summed E-state index contributed by atoms with van der Waals surface area (Å²) in [7, 11) is 1.38. The van der Waals surface area contributed by atoms with E-state index in [2.05, 4.69) is 6.92 Å². The normalized spacial score (nSPS) is 10.5. The van der Waals surface area contributed by atoms with Gasteiger partial charge in [-0.1, -0.05) is 36.8 Å². The van der Waals surface area contributed by atoms with E-state index in [9.17, 15) is 4.79 Å². The number of aryl methyl sites for hydroxylation is 2. The van der Waals surface area contributed by atoms with Crippen molar-refractivity contribution in [3.8, 4) is 11.1 Å². The van der Waals surface area contributed by atoms with Crippen molar-refractivity contribution in [2.75, 3.05) is 12.8 Å². The minimum Gasteiger partial charge on any atom is -0.465 e. The lowest BCUT2D eigenvalue weighted by molar-refractivity contribution is 0.0603. The fraction of sp³-hybridized carbons (Fsp3) is 0.267. The first-order valence-electron chi connectivity index (χ1n) is 6.15. The average molecular weight is 275 g/mol. The van der Waals surface area contributed by atoms with Crippen molar-refractivity contribution in [1.82, 2.24) is 0 Å². The summed E-state index contributed by atoms with van der Waals surface area (Å²) in [5.41, 5.74) is 9.58. The first-order chi connectivity index (χ1) is 9.08. The summed E-state index contributed by atoms with van der Waals surface area (Å²) in [4.78, 5) is 13.0. The van der Waals surface area contributed by atoms with Crippen LogP contribution in [0, 0.1) is 6.92 Å². The Bertz CT molecular complexity index is 599. The van der Waals surface area contributed by atoms with Crippen LogP contribution in [0.15, 0.2) is 24.3 Å². The standard InChI is InChI=1S/C15H17NO2S/c1-4-11-12(10-7-5-9(2)6-8-10)13(14(16)19-11)15(17)18-3/h5-8H,4,16H2,1-3H3. The highest BCUT2D eigenvalue weighted by Gasteiger charge is 2.23. The zero-order valence-corrected chi connectivity index (χ0v) is 12.1. The first kappa shape index (κ1) is 13.6. The van der Waals surface area contributed by atoms with Crippen LogP contribution in [0.4, 0.5) is 5.00 Å². The van der Waals surface area contributed by atoms with E-state index >= 15 is 0 Å². The smallest absolute Gasteiger partial charge is 0.341 e. The molecule has 0 bridgehead atoms. The van der Waals surface area contributed by atoms with Crippen LogP contribution in [-0.4, -0.2) is 13.1 Å². The van der Waals surface area contributed by atoms with Crippen molar-refractivity contribution >= 4 is 22.3 Å². The monoisotopic (exact) mass is 275 g/mol. The number of nitrogen functional groups attached to an aromatic ring is 1. The van der Waals surface area contributed by atoms with E-state index in [0.717, 1.165) is 22.4 Å². The Kier molecular flexibility index (Phi) is 3.90. The van der Waals surface area contributed by atoms with Gasteiger partial charge in [0.05, 0.1) is 7.11 Å². The van der Waals surface area contributed by atoms with Crippen LogP contribution in [0.2, 0.25) is 0 Å². The van der Waals surface area contributed by atoms with Gasteiger partial charge in [-0.3, -0.25) is 0 Å². The van der Waals surface area contributed by atoms with Gasteiger partial charge in [0.2, 0.25) is 0 Å². The molecule has 1 heterocycles. The predicted molar refractivity (Wildman–Crippen MR) is 79.6 cm³/mol. The van der Waals surface area contributed by atoms with E-state index in [4.69, 9.17) is 10.5 Å². The Morgan fingerprint density at radius 1 is 1.32 bits per heavy atom. The van der Waals surface area contributed by atoms with Crippen molar-refractivity contribution in [2.45, 2.75) is 20.3 Å². The number of hydrogen-bond acceptors (Lipinski definition) is 4. The lowest BCUT2D eigenvalue weighted by Gasteiger charge is -2.07. The fourth-order valence-corrected chi connectivity index (χ4v) is 3.10. The molecule has 0 aliphatic carbocycles. The molecule has 0 atom stereocenters. The molecule has 2 N–H and O–H groups in total. The minimum absolute atomic E-state index is 0.371.